The lowest BCUT2D eigenvalue weighted by Crippen LogP contribution is -2.36. The Morgan fingerprint density at radius 2 is 1.43 bits per heavy atom. The Morgan fingerprint density at radius 1 is 0.905 bits per heavy atom. The van der Waals surface area contributed by atoms with Gasteiger partial charge in [-0.15, -0.1) is 0 Å². The number of anilines is 1. The first kappa shape index (κ1) is 13.8. The van der Waals surface area contributed by atoms with Crippen LogP contribution in [0.15, 0.2) is 48.5 Å². The van der Waals surface area contributed by atoms with Crippen molar-refractivity contribution in [3.05, 3.63) is 65.5 Å². The fraction of sp³-hybridized carbons (Fsp3) is 0.235. The summed E-state index contributed by atoms with van der Waals surface area (Å²) < 4.78 is 18.2. The molecule has 0 aliphatic carbocycles. The van der Waals surface area contributed by atoms with Crippen molar-refractivity contribution in [1.82, 2.24) is 0 Å². The average molecular weight is 285 g/mol. The van der Waals surface area contributed by atoms with Gasteiger partial charge in [-0.25, -0.2) is 4.39 Å². The molecular formula is C17H16FNO2. The first-order valence-corrected chi connectivity index (χ1v) is 6.97. The van der Waals surface area contributed by atoms with Gasteiger partial charge in [-0.05, 0) is 48.5 Å². The summed E-state index contributed by atoms with van der Waals surface area (Å²) in [4.78, 5) is 14.5. The smallest absolute Gasteiger partial charge is 0.193 e. The third-order valence-corrected chi connectivity index (χ3v) is 3.61. The van der Waals surface area contributed by atoms with Gasteiger partial charge < -0.3 is 9.64 Å². The number of hydrogen-bond donors (Lipinski definition) is 0. The van der Waals surface area contributed by atoms with E-state index >= 15 is 0 Å². The molecule has 0 bridgehead atoms. The number of benzene rings is 2. The summed E-state index contributed by atoms with van der Waals surface area (Å²) in [7, 11) is 0. The van der Waals surface area contributed by atoms with Crippen LogP contribution in [0.25, 0.3) is 0 Å². The summed E-state index contributed by atoms with van der Waals surface area (Å²) in [5.74, 6) is -0.433. The second-order valence-electron chi connectivity index (χ2n) is 4.98. The predicted octanol–water partition coefficient (Wildman–Crippen LogP) is 2.89. The Kier molecular flexibility index (Phi) is 3.97. The van der Waals surface area contributed by atoms with E-state index in [0.717, 1.165) is 32.0 Å². The highest BCUT2D eigenvalue weighted by molar-refractivity contribution is 6.09. The molecule has 1 saturated heterocycles. The second-order valence-corrected chi connectivity index (χ2v) is 4.98. The van der Waals surface area contributed by atoms with Gasteiger partial charge in [0, 0.05) is 29.9 Å². The molecule has 1 aliphatic rings. The molecule has 0 amide bonds. The first-order valence-electron chi connectivity index (χ1n) is 6.97. The number of halogens is 1. The Morgan fingerprint density at radius 3 is 2.00 bits per heavy atom. The maximum atomic E-state index is 12.9. The van der Waals surface area contributed by atoms with Crippen LogP contribution in [0, 0.1) is 5.82 Å². The van der Waals surface area contributed by atoms with Gasteiger partial charge in [-0.2, -0.15) is 0 Å². The van der Waals surface area contributed by atoms with E-state index in [9.17, 15) is 9.18 Å². The predicted molar refractivity (Wildman–Crippen MR) is 79.3 cm³/mol. The summed E-state index contributed by atoms with van der Waals surface area (Å²) in [6, 6.07) is 13.1. The molecule has 0 saturated carbocycles. The molecule has 0 spiro atoms. The lowest BCUT2D eigenvalue weighted by molar-refractivity contribution is 0.103. The van der Waals surface area contributed by atoms with Gasteiger partial charge in [0.15, 0.2) is 5.78 Å². The zero-order chi connectivity index (χ0) is 14.7. The van der Waals surface area contributed by atoms with Gasteiger partial charge in [0.1, 0.15) is 5.82 Å². The van der Waals surface area contributed by atoms with Crippen molar-refractivity contribution >= 4 is 11.5 Å². The first-order chi connectivity index (χ1) is 10.2. The van der Waals surface area contributed by atoms with Crippen molar-refractivity contribution in [3.8, 4) is 0 Å². The highest BCUT2D eigenvalue weighted by atomic mass is 19.1. The molecule has 3 nitrogen and oxygen atoms in total. The molecule has 0 atom stereocenters. The second kappa shape index (κ2) is 6.06. The summed E-state index contributed by atoms with van der Waals surface area (Å²) in [6.07, 6.45) is 0. The van der Waals surface area contributed by atoms with Crippen molar-refractivity contribution < 1.29 is 13.9 Å². The topological polar surface area (TPSA) is 29.5 Å². The third kappa shape index (κ3) is 3.11. The van der Waals surface area contributed by atoms with E-state index in [0.29, 0.717) is 11.1 Å². The molecule has 108 valence electrons. The fourth-order valence-electron chi connectivity index (χ4n) is 2.41. The van der Waals surface area contributed by atoms with Crippen LogP contribution in [-0.2, 0) is 4.74 Å². The standard InChI is InChI=1S/C17H16FNO2/c18-15-5-1-13(2-6-15)17(20)14-3-7-16(8-4-14)19-9-11-21-12-10-19/h1-8H,9-12H2. The Hall–Kier alpha value is -2.20. The summed E-state index contributed by atoms with van der Waals surface area (Å²) in [5, 5.41) is 0. The molecule has 0 unspecified atom stereocenters. The largest absolute Gasteiger partial charge is 0.378 e. The van der Waals surface area contributed by atoms with Crippen LogP contribution in [0.4, 0.5) is 10.1 Å². The van der Waals surface area contributed by atoms with Gasteiger partial charge in [0.25, 0.3) is 0 Å². The van der Waals surface area contributed by atoms with E-state index in [2.05, 4.69) is 4.90 Å². The SMILES string of the molecule is O=C(c1ccc(F)cc1)c1ccc(N2CCOCC2)cc1. The molecule has 21 heavy (non-hydrogen) atoms. The van der Waals surface area contributed by atoms with Crippen LogP contribution in [0.1, 0.15) is 15.9 Å². The lowest BCUT2D eigenvalue weighted by Gasteiger charge is -2.28. The van der Waals surface area contributed by atoms with E-state index < -0.39 is 0 Å². The number of ketones is 1. The summed E-state index contributed by atoms with van der Waals surface area (Å²) >= 11 is 0. The Labute approximate surface area is 123 Å². The Bertz CT molecular complexity index is 616. The van der Waals surface area contributed by atoms with Gasteiger partial charge in [0.05, 0.1) is 13.2 Å². The maximum absolute atomic E-state index is 12.9. The highest BCUT2D eigenvalue weighted by Gasteiger charge is 2.13. The van der Waals surface area contributed by atoms with Crippen LogP contribution in [0.2, 0.25) is 0 Å². The van der Waals surface area contributed by atoms with Crippen LogP contribution < -0.4 is 4.90 Å². The monoisotopic (exact) mass is 285 g/mol. The van der Waals surface area contributed by atoms with Crippen LogP contribution >= 0.6 is 0 Å². The summed E-state index contributed by atoms with van der Waals surface area (Å²) in [6.45, 7) is 3.20. The van der Waals surface area contributed by atoms with Gasteiger partial charge in [-0.3, -0.25) is 4.79 Å². The number of hydrogen-bond acceptors (Lipinski definition) is 3. The molecule has 0 radical (unpaired) electrons. The lowest BCUT2D eigenvalue weighted by atomic mass is 10.0. The average Bonchev–Trinajstić information content (AvgIpc) is 2.56. The molecule has 0 N–H and O–H groups in total. The molecule has 1 fully saturated rings. The Balaban J connectivity index is 1.77. The molecule has 3 rings (SSSR count). The molecule has 4 heteroatoms. The fourth-order valence-corrected chi connectivity index (χ4v) is 2.41. The van der Waals surface area contributed by atoms with E-state index in [1.54, 1.807) is 0 Å². The molecular weight excluding hydrogens is 269 g/mol. The van der Waals surface area contributed by atoms with Crippen LogP contribution in [-0.4, -0.2) is 32.1 Å². The number of ether oxygens (including phenoxy) is 1. The quantitative estimate of drug-likeness (QED) is 0.812. The number of morpholine rings is 1. The number of rotatable bonds is 3. The van der Waals surface area contributed by atoms with Gasteiger partial charge in [0.2, 0.25) is 0 Å². The minimum absolute atomic E-state index is 0.0940. The van der Waals surface area contributed by atoms with E-state index in [4.69, 9.17) is 4.74 Å². The van der Waals surface area contributed by atoms with E-state index in [-0.39, 0.29) is 11.6 Å². The minimum Gasteiger partial charge on any atom is -0.378 e. The molecule has 1 aliphatic heterocycles. The molecule has 2 aromatic rings. The third-order valence-electron chi connectivity index (χ3n) is 3.61. The van der Waals surface area contributed by atoms with Gasteiger partial charge >= 0.3 is 0 Å². The van der Waals surface area contributed by atoms with Crippen molar-refractivity contribution in [2.75, 3.05) is 31.2 Å². The minimum atomic E-state index is -0.339. The zero-order valence-corrected chi connectivity index (χ0v) is 11.6. The molecule has 0 aromatic heterocycles. The molecule has 2 aromatic carbocycles. The number of carbonyl (C=O) groups excluding carboxylic acids is 1. The van der Waals surface area contributed by atoms with Crippen molar-refractivity contribution in [2.24, 2.45) is 0 Å². The zero-order valence-electron chi connectivity index (χ0n) is 11.6. The van der Waals surface area contributed by atoms with Crippen molar-refractivity contribution in [3.63, 3.8) is 0 Å². The van der Waals surface area contributed by atoms with Crippen LogP contribution in [0.3, 0.4) is 0 Å². The highest BCUT2D eigenvalue weighted by Crippen LogP contribution is 2.18. The van der Waals surface area contributed by atoms with E-state index in [1.165, 1.54) is 24.3 Å². The number of carbonyl (C=O) groups is 1. The number of nitrogens with zero attached hydrogens (tertiary/aromatic N) is 1. The van der Waals surface area contributed by atoms with Crippen LogP contribution in [0.5, 0.6) is 0 Å². The summed E-state index contributed by atoms with van der Waals surface area (Å²) in [5.41, 5.74) is 2.20. The van der Waals surface area contributed by atoms with E-state index in [1.807, 2.05) is 24.3 Å². The maximum Gasteiger partial charge on any atom is 0.193 e. The van der Waals surface area contributed by atoms with Crippen molar-refractivity contribution in [1.29, 1.82) is 0 Å². The van der Waals surface area contributed by atoms with Gasteiger partial charge in [-0.1, -0.05) is 0 Å². The molecule has 1 heterocycles. The normalized spacial score (nSPS) is 15.0. The van der Waals surface area contributed by atoms with Crippen molar-refractivity contribution in [2.45, 2.75) is 0 Å².